The molecule has 13 heavy (non-hydrogen) atoms. The van der Waals surface area contributed by atoms with Crippen LogP contribution in [-0.2, 0) is 9.53 Å². The van der Waals surface area contributed by atoms with Crippen LogP contribution in [0, 0.1) is 11.3 Å². The number of hydrogen-bond acceptors (Lipinski definition) is 3. The number of carbonyl (C=O) groups excluding carboxylic acids is 1. The van der Waals surface area contributed by atoms with Crippen LogP contribution in [0.4, 0.5) is 0 Å². The van der Waals surface area contributed by atoms with E-state index in [0.717, 1.165) is 12.3 Å². The summed E-state index contributed by atoms with van der Waals surface area (Å²) in [7, 11) is 1.43. The van der Waals surface area contributed by atoms with Gasteiger partial charge in [0.15, 0.2) is 0 Å². The maximum atomic E-state index is 11.1. The van der Waals surface area contributed by atoms with Gasteiger partial charge in [0.1, 0.15) is 0 Å². The summed E-state index contributed by atoms with van der Waals surface area (Å²) < 4.78 is 4.66. The highest BCUT2D eigenvalue weighted by molar-refractivity contribution is 5.70. The molecule has 76 valence electrons. The zero-order chi connectivity index (χ0) is 9.90. The summed E-state index contributed by atoms with van der Waals surface area (Å²) in [5, 5.41) is 0. The molecule has 1 rings (SSSR count). The van der Waals surface area contributed by atoms with E-state index in [-0.39, 0.29) is 11.4 Å². The Balaban J connectivity index is 2.41. The summed E-state index contributed by atoms with van der Waals surface area (Å²) in [6, 6.07) is 0. The van der Waals surface area contributed by atoms with Crippen molar-refractivity contribution in [3.63, 3.8) is 0 Å². The average Bonchev–Trinajstić information content (AvgIpc) is 2.88. The van der Waals surface area contributed by atoms with E-state index in [9.17, 15) is 4.79 Å². The van der Waals surface area contributed by atoms with Gasteiger partial charge in [0.25, 0.3) is 0 Å². The summed E-state index contributed by atoms with van der Waals surface area (Å²) >= 11 is 0. The van der Waals surface area contributed by atoms with Crippen molar-refractivity contribution in [3.05, 3.63) is 0 Å². The minimum absolute atomic E-state index is 0.0474. The second-order valence-corrected chi connectivity index (χ2v) is 4.42. The van der Waals surface area contributed by atoms with Gasteiger partial charge in [-0.3, -0.25) is 4.79 Å². The fourth-order valence-corrected chi connectivity index (χ4v) is 1.67. The lowest BCUT2D eigenvalue weighted by atomic mass is 9.81. The van der Waals surface area contributed by atoms with E-state index in [2.05, 4.69) is 11.7 Å². The van der Waals surface area contributed by atoms with E-state index < -0.39 is 0 Å². The Morgan fingerprint density at radius 2 is 2.23 bits per heavy atom. The van der Waals surface area contributed by atoms with Crippen molar-refractivity contribution in [2.45, 2.75) is 32.6 Å². The molecule has 0 aromatic rings. The largest absolute Gasteiger partial charge is 0.469 e. The van der Waals surface area contributed by atoms with Gasteiger partial charge < -0.3 is 10.5 Å². The molecule has 1 atom stereocenters. The molecule has 0 amide bonds. The number of carbonyl (C=O) groups is 1. The van der Waals surface area contributed by atoms with Crippen LogP contribution in [-0.4, -0.2) is 19.6 Å². The fourth-order valence-electron chi connectivity index (χ4n) is 1.67. The van der Waals surface area contributed by atoms with E-state index >= 15 is 0 Å². The van der Waals surface area contributed by atoms with Crippen molar-refractivity contribution in [2.75, 3.05) is 13.7 Å². The lowest BCUT2D eigenvalue weighted by Gasteiger charge is -2.26. The van der Waals surface area contributed by atoms with Crippen LogP contribution < -0.4 is 5.73 Å². The maximum Gasteiger partial charge on any atom is 0.306 e. The number of methoxy groups -OCH3 is 1. The Morgan fingerprint density at radius 3 is 2.62 bits per heavy atom. The van der Waals surface area contributed by atoms with Gasteiger partial charge in [0.05, 0.1) is 13.5 Å². The van der Waals surface area contributed by atoms with Gasteiger partial charge in [-0.25, -0.2) is 0 Å². The van der Waals surface area contributed by atoms with Gasteiger partial charge in [0, 0.05) is 0 Å². The summed E-state index contributed by atoms with van der Waals surface area (Å²) in [5.41, 5.74) is 5.63. The van der Waals surface area contributed by atoms with E-state index in [1.807, 2.05) is 0 Å². The first-order valence-electron chi connectivity index (χ1n) is 4.86. The van der Waals surface area contributed by atoms with E-state index in [0.29, 0.717) is 13.0 Å². The fraction of sp³-hybridized carbons (Fsp3) is 0.900. The standard InChI is InChI=1S/C10H19NO2/c1-10(7-11,5-8-3-4-8)6-9(12)13-2/h8H,3-7,11H2,1-2H3. The van der Waals surface area contributed by atoms with Gasteiger partial charge in [0.2, 0.25) is 0 Å². The number of rotatable bonds is 5. The Kier molecular flexibility index (Phi) is 3.31. The minimum atomic E-state index is -0.145. The molecule has 1 saturated carbocycles. The highest BCUT2D eigenvalue weighted by atomic mass is 16.5. The van der Waals surface area contributed by atoms with E-state index in [1.54, 1.807) is 0 Å². The van der Waals surface area contributed by atoms with Crippen LogP contribution in [0.15, 0.2) is 0 Å². The molecule has 0 saturated heterocycles. The molecule has 1 aliphatic carbocycles. The molecule has 2 N–H and O–H groups in total. The lowest BCUT2D eigenvalue weighted by molar-refractivity contribution is -0.143. The van der Waals surface area contributed by atoms with Crippen molar-refractivity contribution in [3.8, 4) is 0 Å². The highest BCUT2D eigenvalue weighted by Crippen LogP contribution is 2.41. The minimum Gasteiger partial charge on any atom is -0.469 e. The predicted octanol–water partition coefficient (Wildman–Crippen LogP) is 1.31. The Hall–Kier alpha value is -0.570. The van der Waals surface area contributed by atoms with E-state index in [4.69, 9.17) is 5.73 Å². The first-order valence-corrected chi connectivity index (χ1v) is 4.86. The monoisotopic (exact) mass is 185 g/mol. The SMILES string of the molecule is COC(=O)CC(C)(CN)CC1CC1. The predicted molar refractivity (Wildman–Crippen MR) is 51.1 cm³/mol. The van der Waals surface area contributed by atoms with Crippen molar-refractivity contribution < 1.29 is 9.53 Å². The molecule has 1 fully saturated rings. The molecule has 0 aromatic heterocycles. The molecule has 0 radical (unpaired) electrons. The first kappa shape index (κ1) is 10.5. The number of esters is 1. The second kappa shape index (κ2) is 4.09. The molecule has 1 unspecified atom stereocenters. The molecule has 3 nitrogen and oxygen atoms in total. The van der Waals surface area contributed by atoms with Gasteiger partial charge in [-0.1, -0.05) is 19.8 Å². The lowest BCUT2D eigenvalue weighted by Crippen LogP contribution is -2.31. The van der Waals surface area contributed by atoms with Crippen LogP contribution in [0.1, 0.15) is 32.6 Å². The molecule has 0 aromatic carbocycles. The number of nitrogens with two attached hydrogens (primary N) is 1. The second-order valence-electron chi connectivity index (χ2n) is 4.42. The maximum absolute atomic E-state index is 11.1. The third-order valence-electron chi connectivity index (χ3n) is 2.77. The van der Waals surface area contributed by atoms with Crippen molar-refractivity contribution >= 4 is 5.97 Å². The molecule has 0 aliphatic heterocycles. The molecule has 0 spiro atoms. The van der Waals surface area contributed by atoms with E-state index in [1.165, 1.54) is 20.0 Å². The van der Waals surface area contributed by atoms with Crippen molar-refractivity contribution in [1.29, 1.82) is 0 Å². The number of hydrogen-bond donors (Lipinski definition) is 1. The molecule has 3 heteroatoms. The van der Waals surface area contributed by atoms with Crippen LogP contribution >= 0.6 is 0 Å². The summed E-state index contributed by atoms with van der Waals surface area (Å²) in [6.45, 7) is 2.64. The smallest absolute Gasteiger partial charge is 0.306 e. The molecule has 0 bridgehead atoms. The zero-order valence-electron chi connectivity index (χ0n) is 8.51. The van der Waals surface area contributed by atoms with Crippen LogP contribution in [0.2, 0.25) is 0 Å². The third kappa shape index (κ3) is 3.35. The molecule has 0 heterocycles. The molecular weight excluding hydrogens is 166 g/mol. The third-order valence-corrected chi connectivity index (χ3v) is 2.77. The Morgan fingerprint density at radius 1 is 1.62 bits per heavy atom. The quantitative estimate of drug-likeness (QED) is 0.657. The van der Waals surface area contributed by atoms with Gasteiger partial charge in [-0.15, -0.1) is 0 Å². The molecule has 1 aliphatic rings. The summed E-state index contributed by atoms with van der Waals surface area (Å²) in [4.78, 5) is 11.1. The van der Waals surface area contributed by atoms with Crippen LogP contribution in [0.3, 0.4) is 0 Å². The topological polar surface area (TPSA) is 52.3 Å². The van der Waals surface area contributed by atoms with Crippen molar-refractivity contribution in [2.24, 2.45) is 17.1 Å². The first-order chi connectivity index (χ1) is 6.09. The zero-order valence-corrected chi connectivity index (χ0v) is 8.51. The molecular formula is C10H19NO2. The Bertz CT molecular complexity index is 189. The van der Waals surface area contributed by atoms with Crippen LogP contribution in [0.25, 0.3) is 0 Å². The van der Waals surface area contributed by atoms with Crippen LogP contribution in [0.5, 0.6) is 0 Å². The van der Waals surface area contributed by atoms with Gasteiger partial charge >= 0.3 is 5.97 Å². The van der Waals surface area contributed by atoms with Crippen molar-refractivity contribution in [1.82, 2.24) is 0 Å². The number of ether oxygens (including phenoxy) is 1. The summed E-state index contributed by atoms with van der Waals surface area (Å²) in [6.07, 6.45) is 4.13. The summed E-state index contributed by atoms with van der Waals surface area (Å²) in [5.74, 6) is 0.659. The average molecular weight is 185 g/mol. The normalized spacial score (nSPS) is 20.8. The van der Waals surface area contributed by atoms with Gasteiger partial charge in [-0.2, -0.15) is 0 Å². The Labute approximate surface area is 79.6 Å². The van der Waals surface area contributed by atoms with Gasteiger partial charge in [-0.05, 0) is 24.3 Å². The highest BCUT2D eigenvalue weighted by Gasteiger charge is 2.34.